The summed E-state index contributed by atoms with van der Waals surface area (Å²) in [5.74, 6) is 1.56. The first kappa shape index (κ1) is 12.8. The zero-order valence-corrected chi connectivity index (χ0v) is 11.9. The summed E-state index contributed by atoms with van der Waals surface area (Å²) in [7, 11) is 0. The Kier molecular flexibility index (Phi) is 4.05. The number of nitrogens with zero attached hydrogens (tertiary/aromatic N) is 2. The van der Waals surface area contributed by atoms with Gasteiger partial charge in [0.15, 0.2) is 0 Å². The fraction of sp³-hybridized carbons (Fsp3) is 0.615. The van der Waals surface area contributed by atoms with Gasteiger partial charge in [-0.05, 0) is 40.8 Å². The Hall–Kier alpha value is -0.610. The van der Waals surface area contributed by atoms with Crippen molar-refractivity contribution in [3.05, 3.63) is 22.3 Å². The minimum atomic E-state index is 0.0447. The lowest BCUT2D eigenvalue weighted by molar-refractivity contribution is 0.281. The molecule has 4 heteroatoms. The summed E-state index contributed by atoms with van der Waals surface area (Å²) >= 11 is 3.40. The molecule has 1 N–H and O–H groups in total. The number of anilines is 1. The molecule has 0 aromatic carbocycles. The van der Waals surface area contributed by atoms with Crippen molar-refractivity contribution < 1.29 is 5.11 Å². The van der Waals surface area contributed by atoms with E-state index in [1.165, 1.54) is 12.8 Å². The van der Waals surface area contributed by atoms with E-state index in [4.69, 9.17) is 0 Å². The molecule has 0 bridgehead atoms. The van der Waals surface area contributed by atoms with E-state index in [0.717, 1.165) is 22.4 Å². The topological polar surface area (TPSA) is 36.4 Å². The van der Waals surface area contributed by atoms with Crippen molar-refractivity contribution in [1.29, 1.82) is 0 Å². The van der Waals surface area contributed by atoms with E-state index in [9.17, 15) is 5.11 Å². The molecule has 0 spiro atoms. The van der Waals surface area contributed by atoms with Crippen molar-refractivity contribution in [2.75, 3.05) is 11.4 Å². The number of hydrogen-bond acceptors (Lipinski definition) is 3. The van der Waals surface area contributed by atoms with Crippen LogP contribution >= 0.6 is 15.9 Å². The predicted octanol–water partition coefficient (Wildman–Crippen LogP) is 2.96. The molecule has 1 aliphatic carbocycles. The summed E-state index contributed by atoms with van der Waals surface area (Å²) in [6, 6.07) is 2.58. The Bertz CT molecular complexity index is 391. The van der Waals surface area contributed by atoms with E-state index in [2.05, 4.69) is 39.7 Å². The number of aliphatic hydroxyl groups is 1. The minimum Gasteiger partial charge on any atom is -0.392 e. The molecule has 94 valence electrons. The third-order valence-electron chi connectivity index (χ3n) is 2.90. The van der Waals surface area contributed by atoms with Crippen molar-refractivity contribution in [2.45, 2.75) is 39.3 Å². The molecule has 1 aromatic heterocycles. The third-order valence-corrected chi connectivity index (χ3v) is 3.34. The molecule has 1 fully saturated rings. The second kappa shape index (κ2) is 5.36. The van der Waals surface area contributed by atoms with E-state index >= 15 is 0 Å². The van der Waals surface area contributed by atoms with Gasteiger partial charge in [-0.25, -0.2) is 4.98 Å². The van der Waals surface area contributed by atoms with Crippen LogP contribution in [0.25, 0.3) is 0 Å². The van der Waals surface area contributed by atoms with Crippen molar-refractivity contribution >= 4 is 21.7 Å². The van der Waals surface area contributed by atoms with Crippen LogP contribution in [-0.4, -0.2) is 22.7 Å². The van der Waals surface area contributed by atoms with Gasteiger partial charge in [-0.15, -0.1) is 0 Å². The van der Waals surface area contributed by atoms with E-state index in [-0.39, 0.29) is 6.61 Å². The van der Waals surface area contributed by atoms with E-state index in [0.29, 0.717) is 12.0 Å². The molecule has 1 aromatic rings. The largest absolute Gasteiger partial charge is 0.392 e. The molecule has 0 radical (unpaired) electrons. The van der Waals surface area contributed by atoms with E-state index in [1.54, 1.807) is 0 Å². The van der Waals surface area contributed by atoms with Crippen LogP contribution in [0.3, 0.4) is 0 Å². The number of halogens is 1. The minimum absolute atomic E-state index is 0.0447. The third kappa shape index (κ3) is 3.19. The maximum absolute atomic E-state index is 9.44. The molecule has 0 saturated heterocycles. The molecular formula is C13H19BrN2O. The van der Waals surface area contributed by atoms with Gasteiger partial charge in [-0.2, -0.15) is 0 Å². The van der Waals surface area contributed by atoms with Gasteiger partial charge in [-0.1, -0.05) is 13.8 Å². The Labute approximate surface area is 111 Å². The number of rotatable bonds is 5. The lowest BCUT2D eigenvalue weighted by atomic mass is 10.2. The second-order valence-corrected chi connectivity index (χ2v) is 5.99. The maximum Gasteiger partial charge on any atom is 0.134 e. The van der Waals surface area contributed by atoms with Crippen molar-refractivity contribution in [3.8, 4) is 0 Å². The van der Waals surface area contributed by atoms with Crippen molar-refractivity contribution in [3.63, 3.8) is 0 Å². The Morgan fingerprint density at radius 3 is 2.76 bits per heavy atom. The molecular weight excluding hydrogens is 280 g/mol. The highest BCUT2D eigenvalue weighted by Gasteiger charge is 2.31. The lowest BCUT2D eigenvalue weighted by Gasteiger charge is -2.27. The molecule has 1 saturated carbocycles. The molecule has 0 atom stereocenters. The van der Waals surface area contributed by atoms with Crippen LogP contribution < -0.4 is 4.90 Å². The number of aromatic nitrogens is 1. The summed E-state index contributed by atoms with van der Waals surface area (Å²) in [6.45, 7) is 5.48. The van der Waals surface area contributed by atoms with Gasteiger partial charge in [0, 0.05) is 28.8 Å². The first-order chi connectivity index (χ1) is 8.11. The summed E-state index contributed by atoms with van der Waals surface area (Å²) in [6.07, 6.45) is 4.30. The molecule has 2 rings (SSSR count). The van der Waals surface area contributed by atoms with Gasteiger partial charge < -0.3 is 10.0 Å². The fourth-order valence-corrected chi connectivity index (χ4v) is 2.42. The number of aliphatic hydroxyl groups excluding tert-OH is 1. The van der Waals surface area contributed by atoms with Crippen molar-refractivity contribution in [1.82, 2.24) is 4.98 Å². The quantitative estimate of drug-likeness (QED) is 0.908. The van der Waals surface area contributed by atoms with Crippen LogP contribution in [0, 0.1) is 5.92 Å². The summed E-state index contributed by atoms with van der Waals surface area (Å²) in [5, 5.41) is 9.44. The van der Waals surface area contributed by atoms with Gasteiger partial charge in [0.1, 0.15) is 5.82 Å². The predicted molar refractivity (Wildman–Crippen MR) is 73.1 cm³/mol. The van der Waals surface area contributed by atoms with E-state index in [1.807, 2.05) is 12.3 Å². The number of pyridine rings is 1. The SMILES string of the molecule is CC(C)CN(c1ncc(Br)cc1CO)C1CC1. The molecule has 1 heterocycles. The van der Waals surface area contributed by atoms with Gasteiger partial charge >= 0.3 is 0 Å². The maximum atomic E-state index is 9.44. The van der Waals surface area contributed by atoms with Gasteiger partial charge in [0.2, 0.25) is 0 Å². The van der Waals surface area contributed by atoms with E-state index < -0.39 is 0 Å². The number of hydrogen-bond donors (Lipinski definition) is 1. The first-order valence-electron chi connectivity index (χ1n) is 6.13. The first-order valence-corrected chi connectivity index (χ1v) is 6.93. The second-order valence-electron chi connectivity index (χ2n) is 5.07. The summed E-state index contributed by atoms with van der Waals surface area (Å²) < 4.78 is 0.922. The molecule has 1 aliphatic rings. The monoisotopic (exact) mass is 298 g/mol. The Balaban J connectivity index is 2.28. The van der Waals surface area contributed by atoms with Gasteiger partial charge in [0.25, 0.3) is 0 Å². The van der Waals surface area contributed by atoms with Crippen LogP contribution in [0.2, 0.25) is 0 Å². The molecule has 3 nitrogen and oxygen atoms in total. The fourth-order valence-electron chi connectivity index (χ4n) is 2.04. The van der Waals surface area contributed by atoms with Crippen LogP contribution in [0.15, 0.2) is 16.7 Å². The molecule has 0 amide bonds. The highest BCUT2D eigenvalue weighted by atomic mass is 79.9. The standard InChI is InChI=1S/C13H19BrN2O/c1-9(2)7-16(12-3-4-12)13-10(8-17)5-11(14)6-15-13/h5-6,9,12,17H,3-4,7-8H2,1-2H3. The zero-order valence-electron chi connectivity index (χ0n) is 10.4. The van der Waals surface area contributed by atoms with Crippen LogP contribution in [-0.2, 0) is 6.61 Å². The highest BCUT2D eigenvalue weighted by molar-refractivity contribution is 9.10. The smallest absolute Gasteiger partial charge is 0.134 e. The lowest BCUT2D eigenvalue weighted by Crippen LogP contribution is -2.31. The van der Waals surface area contributed by atoms with Crippen LogP contribution in [0.1, 0.15) is 32.3 Å². The van der Waals surface area contributed by atoms with Gasteiger partial charge in [-0.3, -0.25) is 0 Å². The normalized spacial score (nSPS) is 15.4. The summed E-state index contributed by atoms with van der Waals surface area (Å²) in [4.78, 5) is 6.83. The summed E-state index contributed by atoms with van der Waals surface area (Å²) in [5.41, 5.74) is 0.909. The Morgan fingerprint density at radius 2 is 2.24 bits per heavy atom. The van der Waals surface area contributed by atoms with Crippen molar-refractivity contribution in [2.24, 2.45) is 5.92 Å². The molecule has 0 unspecified atom stereocenters. The zero-order chi connectivity index (χ0) is 12.4. The van der Waals surface area contributed by atoms with Gasteiger partial charge in [0.05, 0.1) is 6.61 Å². The van der Waals surface area contributed by atoms with Crippen LogP contribution in [0.4, 0.5) is 5.82 Å². The highest BCUT2D eigenvalue weighted by Crippen LogP contribution is 2.33. The Morgan fingerprint density at radius 1 is 1.53 bits per heavy atom. The average molecular weight is 299 g/mol. The average Bonchev–Trinajstić information content (AvgIpc) is 3.09. The molecule has 0 aliphatic heterocycles. The molecule has 17 heavy (non-hydrogen) atoms. The van der Waals surface area contributed by atoms with Crippen LogP contribution in [0.5, 0.6) is 0 Å².